The molecule has 1 aliphatic heterocycles. The second-order valence-electron chi connectivity index (χ2n) is 7.47. The maximum atomic E-state index is 9.97. The average Bonchev–Trinajstić information content (AvgIpc) is 3.21. The SMILES string of the molecule is Oc1ccc2c(c1)Oc1ncn3nc(Cc4ccccc4)nc3c1C2c1cccnc1. The van der Waals surface area contributed by atoms with Gasteiger partial charge in [-0.15, -0.1) is 5.10 Å². The van der Waals surface area contributed by atoms with E-state index in [2.05, 4.69) is 27.2 Å². The van der Waals surface area contributed by atoms with Crippen LogP contribution in [0.3, 0.4) is 0 Å². The second-order valence-corrected chi connectivity index (χ2v) is 7.47. The molecule has 2 aromatic carbocycles. The van der Waals surface area contributed by atoms with Gasteiger partial charge in [-0.2, -0.15) is 0 Å². The Balaban J connectivity index is 1.55. The van der Waals surface area contributed by atoms with Crippen molar-refractivity contribution >= 4 is 5.65 Å². The van der Waals surface area contributed by atoms with Gasteiger partial charge in [-0.05, 0) is 23.3 Å². The average molecular weight is 407 g/mol. The summed E-state index contributed by atoms with van der Waals surface area (Å²) in [7, 11) is 0. The molecule has 1 unspecified atom stereocenters. The molecule has 150 valence electrons. The number of benzene rings is 2. The van der Waals surface area contributed by atoms with Crippen molar-refractivity contribution in [1.82, 2.24) is 24.6 Å². The summed E-state index contributed by atoms with van der Waals surface area (Å²) in [6.45, 7) is 0. The zero-order chi connectivity index (χ0) is 20.8. The normalized spacial score (nSPS) is 14.6. The van der Waals surface area contributed by atoms with Crippen LogP contribution in [-0.4, -0.2) is 29.7 Å². The lowest BCUT2D eigenvalue weighted by Gasteiger charge is -2.27. The third-order valence-electron chi connectivity index (χ3n) is 5.46. The molecule has 7 heteroatoms. The number of fused-ring (bicyclic) bond motifs is 4. The molecule has 0 aliphatic carbocycles. The smallest absolute Gasteiger partial charge is 0.228 e. The molecule has 4 heterocycles. The Hall–Kier alpha value is -4.26. The lowest BCUT2D eigenvalue weighted by molar-refractivity contribution is 0.422. The minimum atomic E-state index is -0.196. The number of hydrogen-bond donors (Lipinski definition) is 1. The molecule has 1 N–H and O–H groups in total. The van der Waals surface area contributed by atoms with E-state index in [1.165, 1.54) is 0 Å². The Morgan fingerprint density at radius 3 is 2.77 bits per heavy atom. The van der Waals surface area contributed by atoms with E-state index in [9.17, 15) is 5.11 Å². The first-order valence-corrected chi connectivity index (χ1v) is 9.95. The van der Waals surface area contributed by atoms with Crippen molar-refractivity contribution in [2.75, 3.05) is 0 Å². The fraction of sp³-hybridized carbons (Fsp3) is 0.0833. The monoisotopic (exact) mass is 407 g/mol. The van der Waals surface area contributed by atoms with Crippen molar-refractivity contribution in [2.24, 2.45) is 0 Å². The van der Waals surface area contributed by atoms with Gasteiger partial charge in [0, 0.05) is 36.4 Å². The highest BCUT2D eigenvalue weighted by atomic mass is 16.5. The van der Waals surface area contributed by atoms with E-state index >= 15 is 0 Å². The van der Waals surface area contributed by atoms with Gasteiger partial charge >= 0.3 is 0 Å². The second kappa shape index (κ2) is 6.91. The molecule has 31 heavy (non-hydrogen) atoms. The lowest BCUT2D eigenvalue weighted by atomic mass is 9.84. The topological polar surface area (TPSA) is 85.4 Å². The highest BCUT2D eigenvalue weighted by Gasteiger charge is 2.33. The first kappa shape index (κ1) is 17.6. The molecular formula is C24H17N5O2. The van der Waals surface area contributed by atoms with Crippen LogP contribution in [0.1, 0.15) is 34.0 Å². The predicted octanol–water partition coefficient (Wildman–Crippen LogP) is 4.10. The molecule has 0 saturated carbocycles. The van der Waals surface area contributed by atoms with Crippen LogP contribution in [0.25, 0.3) is 5.65 Å². The van der Waals surface area contributed by atoms with Gasteiger partial charge in [0.15, 0.2) is 11.5 Å². The molecule has 0 fully saturated rings. The summed E-state index contributed by atoms with van der Waals surface area (Å²) in [5.41, 5.74) is 4.58. The van der Waals surface area contributed by atoms with E-state index in [1.807, 2.05) is 42.6 Å². The van der Waals surface area contributed by atoms with Crippen LogP contribution in [0.5, 0.6) is 17.4 Å². The molecule has 0 amide bonds. The van der Waals surface area contributed by atoms with E-state index in [1.54, 1.807) is 29.2 Å². The maximum absolute atomic E-state index is 9.97. The fourth-order valence-corrected chi connectivity index (χ4v) is 4.09. The molecule has 5 aromatic rings. The van der Waals surface area contributed by atoms with Gasteiger partial charge in [0.1, 0.15) is 17.8 Å². The Bertz CT molecular complexity index is 1400. The van der Waals surface area contributed by atoms with E-state index in [4.69, 9.17) is 9.72 Å². The van der Waals surface area contributed by atoms with Crippen LogP contribution in [0.4, 0.5) is 0 Å². The van der Waals surface area contributed by atoms with Gasteiger partial charge in [0.25, 0.3) is 0 Å². The van der Waals surface area contributed by atoms with Crippen molar-refractivity contribution < 1.29 is 9.84 Å². The lowest BCUT2D eigenvalue weighted by Crippen LogP contribution is -2.15. The summed E-state index contributed by atoms with van der Waals surface area (Å²) in [5, 5.41) is 14.6. The maximum Gasteiger partial charge on any atom is 0.228 e. The van der Waals surface area contributed by atoms with Gasteiger partial charge in [-0.25, -0.2) is 14.5 Å². The molecule has 3 aromatic heterocycles. The van der Waals surface area contributed by atoms with E-state index in [0.717, 1.165) is 22.3 Å². The van der Waals surface area contributed by atoms with E-state index in [0.29, 0.717) is 29.5 Å². The van der Waals surface area contributed by atoms with Crippen molar-refractivity contribution in [1.29, 1.82) is 0 Å². The van der Waals surface area contributed by atoms with Crippen molar-refractivity contribution in [3.63, 3.8) is 0 Å². The number of hydrogen-bond acceptors (Lipinski definition) is 6. The molecule has 1 atom stereocenters. The van der Waals surface area contributed by atoms with E-state index < -0.39 is 0 Å². The molecule has 0 bridgehead atoms. The number of ether oxygens (including phenoxy) is 1. The highest BCUT2D eigenvalue weighted by Crippen LogP contribution is 2.48. The van der Waals surface area contributed by atoms with E-state index in [-0.39, 0.29) is 11.7 Å². The van der Waals surface area contributed by atoms with Gasteiger partial charge in [-0.3, -0.25) is 4.98 Å². The number of rotatable bonds is 3. The predicted molar refractivity (Wildman–Crippen MR) is 113 cm³/mol. The third kappa shape index (κ3) is 2.98. The van der Waals surface area contributed by atoms with Crippen LogP contribution in [0.15, 0.2) is 79.4 Å². The Morgan fingerprint density at radius 2 is 1.94 bits per heavy atom. The minimum Gasteiger partial charge on any atom is -0.508 e. The molecule has 1 aliphatic rings. The number of phenolic OH excluding ortho intramolecular Hbond substituents is 1. The Morgan fingerprint density at radius 1 is 1.03 bits per heavy atom. The molecule has 7 nitrogen and oxygen atoms in total. The summed E-state index contributed by atoms with van der Waals surface area (Å²) in [6, 6.07) is 19.2. The molecule has 0 spiro atoms. The molecule has 0 radical (unpaired) electrons. The molecular weight excluding hydrogens is 390 g/mol. The molecule has 6 rings (SSSR count). The molecule has 0 saturated heterocycles. The zero-order valence-corrected chi connectivity index (χ0v) is 16.4. The van der Waals surface area contributed by atoms with Crippen LogP contribution < -0.4 is 4.74 Å². The summed E-state index contributed by atoms with van der Waals surface area (Å²) < 4.78 is 7.78. The summed E-state index contributed by atoms with van der Waals surface area (Å²) in [5.74, 6) is 1.68. The van der Waals surface area contributed by atoms with Crippen LogP contribution >= 0.6 is 0 Å². The number of aromatic nitrogens is 5. The van der Waals surface area contributed by atoms with Gasteiger partial charge < -0.3 is 9.84 Å². The largest absolute Gasteiger partial charge is 0.508 e. The number of nitrogens with zero attached hydrogens (tertiary/aromatic N) is 5. The first-order valence-electron chi connectivity index (χ1n) is 9.95. The van der Waals surface area contributed by atoms with Crippen molar-refractivity contribution in [3.05, 3.63) is 107 Å². The van der Waals surface area contributed by atoms with Gasteiger partial charge in [0.05, 0.1) is 5.56 Å². The van der Waals surface area contributed by atoms with Crippen molar-refractivity contribution in [3.8, 4) is 17.4 Å². The summed E-state index contributed by atoms with van der Waals surface area (Å²) in [6.07, 6.45) is 5.82. The zero-order valence-electron chi connectivity index (χ0n) is 16.4. The standard InChI is InChI=1S/C24H17N5O2/c30-17-8-9-18-19(12-17)31-24-22(21(18)16-7-4-10-25-13-16)23-27-20(28-29(23)14-26-24)11-15-5-2-1-3-6-15/h1-10,12-14,21,30H,11H2. The summed E-state index contributed by atoms with van der Waals surface area (Å²) in [4.78, 5) is 13.7. The quantitative estimate of drug-likeness (QED) is 0.475. The van der Waals surface area contributed by atoms with Crippen LogP contribution in [0.2, 0.25) is 0 Å². The number of pyridine rings is 1. The van der Waals surface area contributed by atoms with Gasteiger partial charge in [0.2, 0.25) is 5.88 Å². The fourth-order valence-electron chi connectivity index (χ4n) is 4.09. The Kier molecular flexibility index (Phi) is 3.92. The first-order chi connectivity index (χ1) is 15.3. The third-order valence-corrected chi connectivity index (χ3v) is 5.46. The Labute approximate surface area is 177 Å². The number of phenols is 1. The number of aromatic hydroxyl groups is 1. The van der Waals surface area contributed by atoms with Crippen molar-refractivity contribution in [2.45, 2.75) is 12.3 Å². The summed E-state index contributed by atoms with van der Waals surface area (Å²) >= 11 is 0. The van der Waals surface area contributed by atoms with Gasteiger partial charge in [-0.1, -0.05) is 42.5 Å². The van der Waals surface area contributed by atoms with Crippen LogP contribution in [-0.2, 0) is 6.42 Å². The van der Waals surface area contributed by atoms with Crippen LogP contribution in [0, 0.1) is 0 Å². The highest BCUT2D eigenvalue weighted by molar-refractivity contribution is 5.66. The minimum absolute atomic E-state index is 0.140.